The maximum Gasteiger partial charge on any atom is 0.213 e. The summed E-state index contributed by atoms with van der Waals surface area (Å²) in [5.74, 6) is -0.112. The van der Waals surface area contributed by atoms with Gasteiger partial charge in [0.15, 0.2) is 0 Å². The molecule has 0 spiro atoms. The third-order valence-corrected chi connectivity index (χ3v) is 3.46. The highest BCUT2D eigenvalue weighted by Gasteiger charge is 2.05. The second kappa shape index (κ2) is 6.75. The van der Waals surface area contributed by atoms with E-state index < -0.39 is 10.0 Å². The molecule has 0 amide bonds. The van der Waals surface area contributed by atoms with E-state index >= 15 is 0 Å². The molecule has 0 aliphatic carbocycles. The fourth-order valence-electron chi connectivity index (χ4n) is 1.80. The summed E-state index contributed by atoms with van der Waals surface area (Å²) in [5.41, 5.74) is 1.72. The third-order valence-electron chi connectivity index (χ3n) is 2.73. The fourth-order valence-corrected chi connectivity index (χ4v) is 2.45. The van der Waals surface area contributed by atoms with Gasteiger partial charge in [0.05, 0.1) is 5.75 Å². The van der Waals surface area contributed by atoms with Crippen LogP contribution in [0, 0.1) is 0 Å². The first-order valence-electron chi connectivity index (χ1n) is 6.26. The summed E-state index contributed by atoms with van der Waals surface area (Å²) in [6.45, 7) is 4.32. The van der Waals surface area contributed by atoms with E-state index in [9.17, 15) is 8.42 Å². The number of hydrogen-bond acceptors (Lipinski definition) is 3. The molecular weight excluding hydrogens is 248 g/mol. The summed E-state index contributed by atoms with van der Waals surface area (Å²) in [7, 11) is -3.45. The predicted octanol–water partition coefficient (Wildman–Crippen LogP) is 2.47. The van der Waals surface area contributed by atoms with Crippen molar-refractivity contribution in [3.05, 3.63) is 29.8 Å². The van der Waals surface area contributed by atoms with Crippen molar-refractivity contribution in [1.82, 2.24) is 0 Å². The molecule has 1 unspecified atom stereocenters. The highest BCUT2D eigenvalue weighted by molar-refractivity contribution is 7.88. The monoisotopic (exact) mass is 270 g/mol. The normalized spacial score (nSPS) is 13.3. The molecule has 0 aromatic heterocycles. The summed E-state index contributed by atoms with van der Waals surface area (Å²) in [6, 6.07) is 7.79. The van der Waals surface area contributed by atoms with Gasteiger partial charge in [-0.3, -0.25) is 0 Å². The van der Waals surface area contributed by atoms with Gasteiger partial charge < -0.3 is 5.32 Å². The van der Waals surface area contributed by atoms with Gasteiger partial charge >= 0.3 is 0 Å². The van der Waals surface area contributed by atoms with Crippen LogP contribution in [0.5, 0.6) is 0 Å². The van der Waals surface area contributed by atoms with Gasteiger partial charge in [-0.25, -0.2) is 13.6 Å². The van der Waals surface area contributed by atoms with Gasteiger partial charge in [0.2, 0.25) is 10.0 Å². The number of unbranched alkanes of at least 4 members (excludes halogenated alkanes) is 1. The lowest BCUT2D eigenvalue weighted by atomic mass is 10.1. The molecule has 0 aliphatic heterocycles. The van der Waals surface area contributed by atoms with Gasteiger partial charge in [-0.2, -0.15) is 0 Å². The molecule has 4 nitrogen and oxygen atoms in total. The summed E-state index contributed by atoms with van der Waals surface area (Å²) in [6.07, 6.45) is 3.53. The number of benzene rings is 1. The van der Waals surface area contributed by atoms with Crippen molar-refractivity contribution < 1.29 is 8.42 Å². The largest absolute Gasteiger partial charge is 0.383 e. The maximum absolute atomic E-state index is 10.9. The van der Waals surface area contributed by atoms with Gasteiger partial charge in [-0.1, -0.05) is 31.9 Å². The molecular formula is C13H22N2O2S. The van der Waals surface area contributed by atoms with E-state index in [2.05, 4.69) is 19.2 Å². The Morgan fingerprint density at radius 3 is 2.39 bits per heavy atom. The van der Waals surface area contributed by atoms with Crippen LogP contribution in [-0.4, -0.2) is 14.5 Å². The molecule has 0 aliphatic rings. The van der Waals surface area contributed by atoms with Crippen molar-refractivity contribution in [1.29, 1.82) is 0 Å². The van der Waals surface area contributed by atoms with Crippen LogP contribution in [0.25, 0.3) is 0 Å². The molecule has 5 heteroatoms. The molecule has 1 aromatic rings. The summed E-state index contributed by atoms with van der Waals surface area (Å²) < 4.78 is 21.9. The standard InChI is InChI=1S/C13H22N2O2S/c1-3-4-5-11(2)15-13-8-6-12(7-9-13)10-18(14,16)17/h6-9,11,15H,3-5,10H2,1-2H3,(H2,14,16,17). The zero-order valence-electron chi connectivity index (χ0n) is 11.0. The fraction of sp³-hybridized carbons (Fsp3) is 0.538. The van der Waals surface area contributed by atoms with Crippen molar-refractivity contribution in [3.63, 3.8) is 0 Å². The minimum atomic E-state index is -3.45. The molecule has 0 fully saturated rings. The van der Waals surface area contributed by atoms with Gasteiger partial charge in [-0.05, 0) is 31.0 Å². The van der Waals surface area contributed by atoms with Crippen LogP contribution >= 0.6 is 0 Å². The number of primary sulfonamides is 1. The lowest BCUT2D eigenvalue weighted by Gasteiger charge is -2.15. The Balaban J connectivity index is 2.55. The second-order valence-electron chi connectivity index (χ2n) is 4.69. The molecule has 0 heterocycles. The molecule has 0 saturated heterocycles. The molecule has 1 atom stereocenters. The average Bonchev–Trinajstić information content (AvgIpc) is 2.27. The van der Waals surface area contributed by atoms with Gasteiger partial charge in [0.1, 0.15) is 0 Å². The maximum atomic E-state index is 10.9. The van der Waals surface area contributed by atoms with E-state index in [1.54, 1.807) is 12.1 Å². The zero-order valence-corrected chi connectivity index (χ0v) is 11.8. The molecule has 102 valence electrons. The molecule has 0 radical (unpaired) electrons. The summed E-state index contributed by atoms with van der Waals surface area (Å²) in [4.78, 5) is 0. The Hall–Kier alpha value is -1.07. The van der Waals surface area contributed by atoms with E-state index in [1.807, 2.05) is 12.1 Å². The van der Waals surface area contributed by atoms with Crippen LogP contribution in [0.3, 0.4) is 0 Å². The quantitative estimate of drug-likeness (QED) is 0.799. The molecule has 0 saturated carbocycles. The van der Waals surface area contributed by atoms with Crippen molar-refractivity contribution in [2.45, 2.75) is 44.9 Å². The lowest BCUT2D eigenvalue weighted by Crippen LogP contribution is -2.15. The minimum Gasteiger partial charge on any atom is -0.383 e. The molecule has 3 N–H and O–H groups in total. The first-order valence-corrected chi connectivity index (χ1v) is 7.98. The van der Waals surface area contributed by atoms with E-state index in [0.29, 0.717) is 11.6 Å². The third kappa shape index (κ3) is 6.02. The average molecular weight is 270 g/mol. The van der Waals surface area contributed by atoms with Crippen LogP contribution in [-0.2, 0) is 15.8 Å². The van der Waals surface area contributed by atoms with Crippen LogP contribution < -0.4 is 10.5 Å². The Bertz CT molecular complexity index is 454. The van der Waals surface area contributed by atoms with Crippen LogP contribution in [0.1, 0.15) is 38.7 Å². The Morgan fingerprint density at radius 1 is 1.28 bits per heavy atom. The van der Waals surface area contributed by atoms with Gasteiger partial charge in [0, 0.05) is 11.7 Å². The van der Waals surface area contributed by atoms with Crippen LogP contribution in [0.15, 0.2) is 24.3 Å². The number of nitrogens with one attached hydrogen (secondary N) is 1. The SMILES string of the molecule is CCCCC(C)Nc1ccc(CS(N)(=O)=O)cc1. The highest BCUT2D eigenvalue weighted by atomic mass is 32.2. The van der Waals surface area contributed by atoms with Crippen molar-refractivity contribution >= 4 is 15.7 Å². The molecule has 1 aromatic carbocycles. The van der Waals surface area contributed by atoms with Crippen molar-refractivity contribution in [2.24, 2.45) is 5.14 Å². The first kappa shape index (κ1) is 15.0. The number of rotatable bonds is 7. The number of hydrogen-bond donors (Lipinski definition) is 2. The molecule has 18 heavy (non-hydrogen) atoms. The van der Waals surface area contributed by atoms with Crippen LogP contribution in [0.2, 0.25) is 0 Å². The number of nitrogens with two attached hydrogens (primary N) is 1. The van der Waals surface area contributed by atoms with Gasteiger partial charge in [0.25, 0.3) is 0 Å². The zero-order chi connectivity index (χ0) is 13.6. The smallest absolute Gasteiger partial charge is 0.213 e. The molecule has 1 rings (SSSR count). The number of sulfonamides is 1. The van der Waals surface area contributed by atoms with Crippen molar-refractivity contribution in [3.8, 4) is 0 Å². The topological polar surface area (TPSA) is 72.2 Å². The van der Waals surface area contributed by atoms with Crippen molar-refractivity contribution in [2.75, 3.05) is 5.32 Å². The van der Waals surface area contributed by atoms with Crippen LogP contribution in [0.4, 0.5) is 5.69 Å². The van der Waals surface area contributed by atoms with E-state index in [0.717, 1.165) is 12.1 Å². The van der Waals surface area contributed by atoms with Gasteiger partial charge in [-0.15, -0.1) is 0 Å². The second-order valence-corrected chi connectivity index (χ2v) is 6.31. The Labute approximate surface area is 110 Å². The first-order chi connectivity index (χ1) is 8.40. The summed E-state index contributed by atoms with van der Waals surface area (Å²) >= 11 is 0. The highest BCUT2D eigenvalue weighted by Crippen LogP contribution is 2.14. The molecule has 0 bridgehead atoms. The Kier molecular flexibility index (Phi) is 5.62. The van der Waals surface area contributed by atoms with E-state index in [1.165, 1.54) is 12.8 Å². The summed E-state index contributed by atoms with van der Waals surface area (Å²) in [5, 5.41) is 8.38. The predicted molar refractivity (Wildman–Crippen MR) is 75.9 cm³/mol. The van der Waals surface area contributed by atoms with E-state index in [4.69, 9.17) is 5.14 Å². The van der Waals surface area contributed by atoms with E-state index in [-0.39, 0.29) is 5.75 Å². The minimum absolute atomic E-state index is 0.112. The Morgan fingerprint density at radius 2 is 1.89 bits per heavy atom. The lowest BCUT2D eigenvalue weighted by molar-refractivity contribution is 0.597. The number of anilines is 1.